The molecule has 0 aliphatic heterocycles. The number of benzene rings is 1. The lowest BCUT2D eigenvalue weighted by molar-refractivity contribution is -0.117. The molecule has 1 heterocycles. The quantitative estimate of drug-likeness (QED) is 0.833. The predicted octanol–water partition coefficient (Wildman–Crippen LogP) is 3.12. The van der Waals surface area contributed by atoms with Crippen LogP contribution in [0.15, 0.2) is 30.5 Å². The van der Waals surface area contributed by atoms with Crippen LogP contribution in [-0.4, -0.2) is 15.6 Å². The van der Waals surface area contributed by atoms with Gasteiger partial charge in [-0.25, -0.2) is 8.78 Å². The zero-order valence-corrected chi connectivity index (χ0v) is 10.1. The Balaban J connectivity index is 1.90. The van der Waals surface area contributed by atoms with E-state index in [0.717, 1.165) is 12.5 Å². The molecule has 1 fully saturated rings. The van der Waals surface area contributed by atoms with Crippen molar-refractivity contribution >= 4 is 5.78 Å². The summed E-state index contributed by atoms with van der Waals surface area (Å²) in [7, 11) is 0. The van der Waals surface area contributed by atoms with Crippen LogP contribution in [0.5, 0.6) is 0 Å². The highest BCUT2D eigenvalue weighted by Gasteiger charge is 2.24. The highest BCUT2D eigenvalue weighted by molar-refractivity contribution is 5.80. The molecule has 0 saturated heterocycles. The number of hydrogen-bond donors (Lipinski definition) is 0. The molecule has 1 unspecified atom stereocenters. The Morgan fingerprint density at radius 1 is 1.26 bits per heavy atom. The van der Waals surface area contributed by atoms with Gasteiger partial charge in [0, 0.05) is 30.7 Å². The molecule has 0 N–H and O–H groups in total. The van der Waals surface area contributed by atoms with Gasteiger partial charge in [-0.05, 0) is 24.6 Å². The molecule has 0 spiro atoms. The Bertz CT molecular complexity index is 636. The van der Waals surface area contributed by atoms with Crippen LogP contribution < -0.4 is 0 Å². The molecule has 5 heteroatoms. The Morgan fingerprint density at radius 2 is 2.11 bits per heavy atom. The van der Waals surface area contributed by atoms with Gasteiger partial charge in [0.05, 0.1) is 11.7 Å². The summed E-state index contributed by atoms with van der Waals surface area (Å²) in [4.78, 5) is 11.3. The fourth-order valence-corrected chi connectivity index (χ4v) is 2.40. The lowest BCUT2D eigenvalue weighted by Crippen LogP contribution is -2.06. The van der Waals surface area contributed by atoms with E-state index in [9.17, 15) is 13.6 Å². The molecule has 19 heavy (non-hydrogen) atoms. The summed E-state index contributed by atoms with van der Waals surface area (Å²) in [5.74, 6) is -1.01. The molecular weight excluding hydrogens is 250 g/mol. The average molecular weight is 262 g/mol. The molecule has 0 radical (unpaired) electrons. The van der Waals surface area contributed by atoms with Gasteiger partial charge in [-0.2, -0.15) is 5.10 Å². The monoisotopic (exact) mass is 262 g/mol. The third-order valence-corrected chi connectivity index (χ3v) is 3.41. The Labute approximate surface area is 108 Å². The minimum atomic E-state index is -0.632. The van der Waals surface area contributed by atoms with Crippen LogP contribution in [0.25, 0.3) is 11.3 Å². The molecule has 1 aliphatic rings. The summed E-state index contributed by atoms with van der Waals surface area (Å²) in [6.45, 7) is 0. The molecule has 0 amide bonds. The number of nitrogens with zero attached hydrogens (tertiary/aromatic N) is 2. The maximum atomic E-state index is 13.6. The van der Waals surface area contributed by atoms with E-state index in [2.05, 4.69) is 5.10 Å². The van der Waals surface area contributed by atoms with Crippen molar-refractivity contribution in [2.45, 2.75) is 25.3 Å². The van der Waals surface area contributed by atoms with Crippen LogP contribution in [0.4, 0.5) is 8.78 Å². The summed E-state index contributed by atoms with van der Waals surface area (Å²) in [6.07, 6.45) is 3.56. The number of halogens is 2. The smallest absolute Gasteiger partial charge is 0.135 e. The zero-order chi connectivity index (χ0) is 13.4. The summed E-state index contributed by atoms with van der Waals surface area (Å²) >= 11 is 0. The van der Waals surface area contributed by atoms with Gasteiger partial charge in [-0.15, -0.1) is 0 Å². The van der Waals surface area contributed by atoms with Crippen molar-refractivity contribution in [3.8, 4) is 11.3 Å². The lowest BCUT2D eigenvalue weighted by atomic mass is 10.1. The predicted molar refractivity (Wildman–Crippen MR) is 65.5 cm³/mol. The van der Waals surface area contributed by atoms with Gasteiger partial charge in [-0.3, -0.25) is 9.48 Å². The first-order valence-electron chi connectivity index (χ1n) is 6.16. The van der Waals surface area contributed by atoms with Gasteiger partial charge in [0.15, 0.2) is 0 Å². The minimum absolute atomic E-state index is 0.0600. The first-order valence-corrected chi connectivity index (χ1v) is 6.16. The van der Waals surface area contributed by atoms with Gasteiger partial charge >= 0.3 is 0 Å². The number of Topliss-reactive ketones (excluding diaryl/α,β-unsaturated/α-hetero) is 1. The third-order valence-electron chi connectivity index (χ3n) is 3.41. The van der Waals surface area contributed by atoms with E-state index < -0.39 is 11.6 Å². The topological polar surface area (TPSA) is 34.9 Å². The second-order valence-electron chi connectivity index (χ2n) is 4.74. The molecule has 1 saturated carbocycles. The van der Waals surface area contributed by atoms with Gasteiger partial charge in [-0.1, -0.05) is 0 Å². The van der Waals surface area contributed by atoms with E-state index in [1.165, 1.54) is 12.1 Å². The number of carbonyl (C=O) groups is 1. The van der Waals surface area contributed by atoms with Crippen LogP contribution in [0.1, 0.15) is 25.3 Å². The number of carbonyl (C=O) groups excluding carboxylic acids is 1. The fraction of sp³-hybridized carbons (Fsp3) is 0.286. The van der Waals surface area contributed by atoms with Gasteiger partial charge in [0.2, 0.25) is 0 Å². The van der Waals surface area contributed by atoms with Crippen molar-refractivity contribution < 1.29 is 13.6 Å². The highest BCUT2D eigenvalue weighted by atomic mass is 19.1. The molecule has 1 aromatic carbocycles. The third kappa shape index (κ3) is 2.28. The summed E-state index contributed by atoms with van der Waals surface area (Å²) in [5.41, 5.74) is 0.723. The van der Waals surface area contributed by atoms with Crippen molar-refractivity contribution in [1.82, 2.24) is 9.78 Å². The van der Waals surface area contributed by atoms with Gasteiger partial charge in [0.1, 0.15) is 17.4 Å². The van der Waals surface area contributed by atoms with Crippen LogP contribution in [-0.2, 0) is 4.79 Å². The fourth-order valence-electron chi connectivity index (χ4n) is 2.40. The van der Waals surface area contributed by atoms with E-state index in [0.29, 0.717) is 18.5 Å². The second-order valence-corrected chi connectivity index (χ2v) is 4.74. The van der Waals surface area contributed by atoms with E-state index in [1.807, 2.05) is 0 Å². The molecular formula is C14H12F2N2O. The zero-order valence-electron chi connectivity index (χ0n) is 10.1. The molecule has 1 aromatic heterocycles. The SMILES string of the molecule is O=C1CCC(n2ccc(-c3ccc(F)cc3F)n2)C1. The maximum Gasteiger partial charge on any atom is 0.135 e. The van der Waals surface area contributed by atoms with Crippen LogP contribution in [0.2, 0.25) is 0 Å². The maximum absolute atomic E-state index is 13.6. The van der Waals surface area contributed by atoms with Crippen molar-refractivity contribution in [3.63, 3.8) is 0 Å². The molecule has 0 bridgehead atoms. The Hall–Kier alpha value is -2.04. The van der Waals surface area contributed by atoms with Crippen LogP contribution >= 0.6 is 0 Å². The number of rotatable bonds is 2. The second kappa shape index (κ2) is 4.57. The molecule has 98 valence electrons. The molecule has 3 nitrogen and oxygen atoms in total. The average Bonchev–Trinajstić information content (AvgIpc) is 2.97. The summed E-state index contributed by atoms with van der Waals surface area (Å²) < 4.78 is 28.2. The van der Waals surface area contributed by atoms with E-state index in [4.69, 9.17) is 0 Å². The number of ketones is 1. The first kappa shape index (κ1) is 12.0. The molecule has 2 aromatic rings. The largest absolute Gasteiger partial charge is 0.300 e. The standard InChI is InChI=1S/C14H12F2N2O/c15-9-1-4-12(13(16)7-9)14-5-6-18(17-14)10-2-3-11(19)8-10/h1,4-7,10H,2-3,8H2. The number of hydrogen-bond acceptors (Lipinski definition) is 2. The van der Waals surface area contributed by atoms with Crippen molar-refractivity contribution in [2.75, 3.05) is 0 Å². The van der Waals surface area contributed by atoms with Crippen molar-refractivity contribution in [2.24, 2.45) is 0 Å². The van der Waals surface area contributed by atoms with Crippen LogP contribution in [0.3, 0.4) is 0 Å². The van der Waals surface area contributed by atoms with Crippen LogP contribution in [0, 0.1) is 11.6 Å². The molecule has 1 aliphatic carbocycles. The van der Waals surface area contributed by atoms with Crippen molar-refractivity contribution in [3.05, 3.63) is 42.1 Å². The van der Waals surface area contributed by atoms with Gasteiger partial charge in [0.25, 0.3) is 0 Å². The molecule has 1 atom stereocenters. The normalized spacial score (nSPS) is 19.1. The minimum Gasteiger partial charge on any atom is -0.300 e. The summed E-state index contributed by atoms with van der Waals surface area (Å²) in [6, 6.07) is 5.16. The Kier molecular flexibility index (Phi) is 2.89. The van der Waals surface area contributed by atoms with E-state index >= 15 is 0 Å². The van der Waals surface area contributed by atoms with E-state index in [-0.39, 0.29) is 17.4 Å². The number of aromatic nitrogens is 2. The highest BCUT2D eigenvalue weighted by Crippen LogP contribution is 2.28. The Morgan fingerprint density at radius 3 is 2.79 bits per heavy atom. The van der Waals surface area contributed by atoms with Crippen molar-refractivity contribution in [1.29, 1.82) is 0 Å². The summed E-state index contributed by atoms with van der Waals surface area (Å²) in [5, 5.41) is 4.29. The first-order chi connectivity index (χ1) is 9.13. The molecule has 3 rings (SSSR count). The van der Waals surface area contributed by atoms with E-state index in [1.54, 1.807) is 16.9 Å². The van der Waals surface area contributed by atoms with Gasteiger partial charge < -0.3 is 0 Å². The lowest BCUT2D eigenvalue weighted by Gasteiger charge is -2.08.